The molecule has 0 aliphatic carbocycles. The summed E-state index contributed by atoms with van der Waals surface area (Å²) in [6, 6.07) is 1.72. The Balaban J connectivity index is 2.99. The van der Waals surface area contributed by atoms with Crippen LogP contribution in [0.2, 0.25) is 0 Å². The van der Waals surface area contributed by atoms with E-state index in [9.17, 15) is 4.79 Å². The van der Waals surface area contributed by atoms with Crippen molar-refractivity contribution in [2.45, 2.75) is 26.7 Å². The number of ketones is 1. The van der Waals surface area contributed by atoms with Gasteiger partial charge in [0.25, 0.3) is 0 Å². The number of aromatic nitrogens is 1. The van der Waals surface area contributed by atoms with Crippen molar-refractivity contribution < 1.29 is 9.53 Å². The average molecular weight is 207 g/mol. The van der Waals surface area contributed by atoms with Crippen LogP contribution in [0.15, 0.2) is 18.5 Å². The Hall–Kier alpha value is -1.38. The number of carbonyl (C=O) groups excluding carboxylic acids is 1. The number of ether oxygens (including phenoxy) is 1. The summed E-state index contributed by atoms with van der Waals surface area (Å²) < 4.78 is 5.12. The summed E-state index contributed by atoms with van der Waals surface area (Å²) in [4.78, 5) is 16.0. The number of rotatable bonds is 5. The Morgan fingerprint density at radius 3 is 2.67 bits per heavy atom. The van der Waals surface area contributed by atoms with Gasteiger partial charge >= 0.3 is 0 Å². The molecular formula is C12H17NO2. The topological polar surface area (TPSA) is 39.2 Å². The Bertz CT molecular complexity index is 332. The highest BCUT2D eigenvalue weighted by atomic mass is 16.5. The first-order valence-corrected chi connectivity index (χ1v) is 5.26. The molecule has 0 saturated carbocycles. The molecule has 1 heterocycles. The quantitative estimate of drug-likeness (QED) is 0.697. The third-order valence-corrected chi connectivity index (χ3v) is 2.63. The first-order chi connectivity index (χ1) is 7.24. The van der Waals surface area contributed by atoms with E-state index in [1.165, 1.54) is 0 Å². The van der Waals surface area contributed by atoms with Crippen molar-refractivity contribution in [3.63, 3.8) is 0 Å². The van der Waals surface area contributed by atoms with E-state index in [1.807, 2.05) is 13.8 Å². The van der Waals surface area contributed by atoms with Gasteiger partial charge in [0.05, 0.1) is 18.9 Å². The van der Waals surface area contributed by atoms with Crippen LogP contribution in [-0.4, -0.2) is 17.9 Å². The van der Waals surface area contributed by atoms with Gasteiger partial charge in [0.1, 0.15) is 5.75 Å². The van der Waals surface area contributed by atoms with Gasteiger partial charge < -0.3 is 4.74 Å². The smallest absolute Gasteiger partial charge is 0.169 e. The fraction of sp³-hybridized carbons (Fsp3) is 0.500. The molecule has 1 rings (SSSR count). The number of Topliss-reactive ketones (excluding diaryl/α,β-unsaturated/α-hetero) is 1. The molecule has 3 heteroatoms. The molecule has 0 bridgehead atoms. The van der Waals surface area contributed by atoms with Gasteiger partial charge in [-0.15, -0.1) is 0 Å². The van der Waals surface area contributed by atoms with Crippen LogP contribution in [0.1, 0.15) is 37.0 Å². The van der Waals surface area contributed by atoms with Crippen LogP contribution in [0.3, 0.4) is 0 Å². The number of carbonyl (C=O) groups is 1. The summed E-state index contributed by atoms with van der Waals surface area (Å²) in [5.74, 6) is 0.801. The van der Waals surface area contributed by atoms with Crippen molar-refractivity contribution in [3.8, 4) is 5.75 Å². The zero-order valence-corrected chi connectivity index (χ0v) is 9.49. The second-order valence-corrected chi connectivity index (χ2v) is 3.45. The molecule has 0 saturated heterocycles. The van der Waals surface area contributed by atoms with Crippen LogP contribution in [0.25, 0.3) is 0 Å². The molecule has 1 aromatic heterocycles. The monoisotopic (exact) mass is 207 g/mol. The van der Waals surface area contributed by atoms with E-state index in [-0.39, 0.29) is 11.7 Å². The van der Waals surface area contributed by atoms with Crippen LogP contribution in [0.4, 0.5) is 0 Å². The lowest BCUT2D eigenvalue weighted by molar-refractivity contribution is 0.0910. The summed E-state index contributed by atoms with van der Waals surface area (Å²) in [5, 5.41) is 0. The van der Waals surface area contributed by atoms with Gasteiger partial charge in [-0.05, 0) is 18.9 Å². The maximum Gasteiger partial charge on any atom is 0.169 e. The first-order valence-electron chi connectivity index (χ1n) is 5.26. The third kappa shape index (κ3) is 2.55. The maximum atomic E-state index is 12.1. The molecule has 0 unspecified atom stereocenters. The average Bonchev–Trinajstić information content (AvgIpc) is 2.30. The van der Waals surface area contributed by atoms with Crippen molar-refractivity contribution in [1.29, 1.82) is 0 Å². The fourth-order valence-corrected chi connectivity index (χ4v) is 1.63. The number of hydrogen-bond donors (Lipinski definition) is 0. The number of methoxy groups -OCH3 is 1. The summed E-state index contributed by atoms with van der Waals surface area (Å²) >= 11 is 0. The molecule has 0 spiro atoms. The van der Waals surface area contributed by atoms with Crippen molar-refractivity contribution in [2.75, 3.05) is 7.11 Å². The molecule has 0 fully saturated rings. The van der Waals surface area contributed by atoms with Gasteiger partial charge in [0.15, 0.2) is 5.78 Å². The largest absolute Gasteiger partial charge is 0.494 e. The predicted octanol–water partition coefficient (Wildman–Crippen LogP) is 2.71. The summed E-state index contributed by atoms with van der Waals surface area (Å²) in [6.07, 6.45) is 4.93. The van der Waals surface area contributed by atoms with Gasteiger partial charge in [-0.2, -0.15) is 0 Å². The number of nitrogens with zero attached hydrogens (tertiary/aromatic N) is 1. The Kier molecular flexibility index (Phi) is 4.28. The molecule has 82 valence electrons. The molecule has 1 aromatic rings. The van der Waals surface area contributed by atoms with Gasteiger partial charge in [0.2, 0.25) is 0 Å². The molecule has 15 heavy (non-hydrogen) atoms. The van der Waals surface area contributed by atoms with Crippen LogP contribution < -0.4 is 4.74 Å². The molecule has 0 aliphatic heterocycles. The molecule has 0 aromatic carbocycles. The van der Waals surface area contributed by atoms with Gasteiger partial charge in [-0.1, -0.05) is 13.8 Å². The highest BCUT2D eigenvalue weighted by Crippen LogP contribution is 2.22. The van der Waals surface area contributed by atoms with E-state index in [4.69, 9.17) is 4.74 Å². The second-order valence-electron chi connectivity index (χ2n) is 3.45. The summed E-state index contributed by atoms with van der Waals surface area (Å²) in [6.45, 7) is 4.06. The standard InChI is InChI=1S/C12H17NO2/c1-4-9(5-2)12(14)10-6-7-13-8-11(10)15-3/h6-9H,4-5H2,1-3H3. The maximum absolute atomic E-state index is 12.1. The van der Waals surface area contributed by atoms with Crippen LogP contribution in [0.5, 0.6) is 5.75 Å². The minimum absolute atomic E-state index is 0.0845. The van der Waals surface area contributed by atoms with Crippen LogP contribution in [0, 0.1) is 5.92 Å². The van der Waals surface area contributed by atoms with Gasteiger partial charge in [-0.25, -0.2) is 0 Å². The highest BCUT2D eigenvalue weighted by molar-refractivity contribution is 6.00. The Labute approximate surface area is 90.5 Å². The van der Waals surface area contributed by atoms with Crippen molar-refractivity contribution >= 4 is 5.78 Å². The molecule has 3 nitrogen and oxygen atoms in total. The van der Waals surface area contributed by atoms with Crippen molar-refractivity contribution in [1.82, 2.24) is 4.98 Å². The second kappa shape index (κ2) is 5.49. The number of hydrogen-bond acceptors (Lipinski definition) is 3. The predicted molar refractivity (Wildman–Crippen MR) is 59.2 cm³/mol. The summed E-state index contributed by atoms with van der Waals surface area (Å²) in [5.41, 5.74) is 0.640. The van der Waals surface area contributed by atoms with Crippen molar-refractivity contribution in [3.05, 3.63) is 24.0 Å². The number of pyridine rings is 1. The SMILES string of the molecule is CCC(CC)C(=O)c1ccncc1OC. The van der Waals surface area contributed by atoms with Gasteiger partial charge in [0, 0.05) is 12.1 Å². The van der Waals surface area contributed by atoms with Gasteiger partial charge in [-0.3, -0.25) is 9.78 Å². The minimum Gasteiger partial charge on any atom is -0.494 e. The lowest BCUT2D eigenvalue weighted by Gasteiger charge is -2.13. The first kappa shape index (κ1) is 11.7. The molecule has 0 amide bonds. The van der Waals surface area contributed by atoms with Crippen molar-refractivity contribution in [2.24, 2.45) is 5.92 Å². The lowest BCUT2D eigenvalue weighted by atomic mass is 9.93. The molecule has 0 atom stereocenters. The van der Waals surface area contributed by atoms with E-state index in [1.54, 1.807) is 25.6 Å². The van der Waals surface area contributed by atoms with Crippen LogP contribution in [-0.2, 0) is 0 Å². The third-order valence-electron chi connectivity index (χ3n) is 2.63. The van der Waals surface area contributed by atoms with Crippen LogP contribution >= 0.6 is 0 Å². The Morgan fingerprint density at radius 2 is 2.13 bits per heavy atom. The zero-order chi connectivity index (χ0) is 11.3. The molecule has 0 radical (unpaired) electrons. The molecule has 0 aliphatic rings. The van der Waals surface area contributed by atoms with E-state index in [0.29, 0.717) is 11.3 Å². The fourth-order valence-electron chi connectivity index (χ4n) is 1.63. The van der Waals surface area contributed by atoms with E-state index in [2.05, 4.69) is 4.98 Å². The zero-order valence-electron chi connectivity index (χ0n) is 9.49. The highest BCUT2D eigenvalue weighted by Gasteiger charge is 2.19. The van der Waals surface area contributed by atoms with E-state index < -0.39 is 0 Å². The normalized spacial score (nSPS) is 10.4. The molecule has 0 N–H and O–H groups in total. The summed E-state index contributed by atoms with van der Waals surface area (Å²) in [7, 11) is 1.56. The molecular weight excluding hydrogens is 190 g/mol. The van der Waals surface area contributed by atoms with E-state index >= 15 is 0 Å². The lowest BCUT2D eigenvalue weighted by Crippen LogP contribution is -2.14. The Morgan fingerprint density at radius 1 is 1.47 bits per heavy atom. The minimum atomic E-state index is 0.0845. The van der Waals surface area contributed by atoms with E-state index in [0.717, 1.165) is 12.8 Å².